The average molecular weight is 561 g/mol. The van der Waals surface area contributed by atoms with Crippen LogP contribution in [-0.2, 0) is 16.0 Å². The van der Waals surface area contributed by atoms with E-state index in [1.165, 1.54) is 40.4 Å². The number of H-pyrrole nitrogens is 1. The van der Waals surface area contributed by atoms with Crippen molar-refractivity contribution in [1.82, 2.24) is 20.2 Å². The Morgan fingerprint density at radius 2 is 1.58 bits per heavy atom. The fourth-order valence-electron chi connectivity index (χ4n) is 3.56. The molecular weight excluding hydrogens is 537 g/mol. The molecule has 0 radical (unpaired) electrons. The minimum Gasteiger partial charge on any atom is -0.325 e. The molecule has 0 saturated heterocycles. The molecule has 0 saturated carbocycles. The lowest BCUT2D eigenvalue weighted by Crippen LogP contribution is -2.14. The van der Waals surface area contributed by atoms with E-state index in [4.69, 9.17) is 0 Å². The molecule has 0 atom stereocenters. The number of aromatic nitrogens is 4. The van der Waals surface area contributed by atoms with E-state index in [0.717, 1.165) is 32.2 Å². The summed E-state index contributed by atoms with van der Waals surface area (Å²) in [6.45, 7) is 2.10. The minimum atomic E-state index is -0.158. The number of nitrogens with zero attached hydrogens (tertiary/aromatic N) is 3. The fraction of sp³-hybridized carbons (Fsp3) is 0.148. The van der Waals surface area contributed by atoms with E-state index in [-0.39, 0.29) is 23.3 Å². The molecule has 192 valence electrons. The molecule has 3 N–H and O–H groups in total. The van der Waals surface area contributed by atoms with Crippen molar-refractivity contribution in [2.24, 2.45) is 0 Å². The molecule has 38 heavy (non-hydrogen) atoms. The van der Waals surface area contributed by atoms with Gasteiger partial charge in [0, 0.05) is 16.9 Å². The molecule has 11 heteroatoms. The van der Waals surface area contributed by atoms with Crippen LogP contribution in [0.3, 0.4) is 0 Å². The molecule has 0 aliphatic rings. The second-order valence-corrected chi connectivity index (χ2v) is 11.4. The van der Waals surface area contributed by atoms with Crippen LogP contribution >= 0.6 is 34.9 Å². The molecule has 0 bridgehead atoms. The summed E-state index contributed by atoms with van der Waals surface area (Å²) in [4.78, 5) is 33.9. The molecular formula is C27H24N6O2S3. The van der Waals surface area contributed by atoms with Gasteiger partial charge in [0.05, 0.1) is 21.7 Å². The smallest absolute Gasteiger partial charge is 0.234 e. The topological polar surface area (TPSA) is 113 Å². The Labute approximate surface area is 232 Å². The number of thioether (sulfide) groups is 2. The second kappa shape index (κ2) is 12.2. The lowest BCUT2D eigenvalue weighted by atomic mass is 10.1. The monoisotopic (exact) mass is 560 g/mol. The van der Waals surface area contributed by atoms with Gasteiger partial charge in [-0.3, -0.25) is 14.7 Å². The van der Waals surface area contributed by atoms with Crippen LogP contribution in [0.4, 0.5) is 11.4 Å². The van der Waals surface area contributed by atoms with Gasteiger partial charge in [-0.1, -0.05) is 72.9 Å². The fourth-order valence-corrected chi connectivity index (χ4v) is 6.00. The molecule has 0 unspecified atom stereocenters. The number of rotatable bonds is 10. The van der Waals surface area contributed by atoms with Gasteiger partial charge >= 0.3 is 0 Å². The first kappa shape index (κ1) is 26.0. The van der Waals surface area contributed by atoms with E-state index in [2.05, 4.69) is 37.7 Å². The summed E-state index contributed by atoms with van der Waals surface area (Å²) in [6, 6.07) is 23.2. The third-order valence-electron chi connectivity index (χ3n) is 5.47. The number of thiazole rings is 1. The number of hydrogen-bond acceptors (Lipinski definition) is 8. The maximum atomic E-state index is 12.5. The molecule has 0 fully saturated rings. The van der Waals surface area contributed by atoms with Crippen molar-refractivity contribution >= 4 is 68.3 Å². The summed E-state index contributed by atoms with van der Waals surface area (Å²) < 4.78 is 1.79. The maximum Gasteiger partial charge on any atom is 0.234 e. The van der Waals surface area contributed by atoms with Crippen molar-refractivity contribution in [3.8, 4) is 11.4 Å². The summed E-state index contributed by atoms with van der Waals surface area (Å²) in [5.41, 5.74) is 4.40. The molecule has 5 aromatic rings. The van der Waals surface area contributed by atoms with Crippen molar-refractivity contribution < 1.29 is 9.59 Å². The summed E-state index contributed by atoms with van der Waals surface area (Å²) in [6.07, 6.45) is 0.963. The number of hydrogen-bond donors (Lipinski definition) is 3. The largest absolute Gasteiger partial charge is 0.325 e. The molecule has 2 aromatic heterocycles. The molecule has 0 aliphatic heterocycles. The Hall–Kier alpha value is -3.67. The number of amides is 2. The predicted octanol–water partition coefficient (Wildman–Crippen LogP) is 6.11. The van der Waals surface area contributed by atoms with Gasteiger partial charge < -0.3 is 10.6 Å². The summed E-state index contributed by atoms with van der Waals surface area (Å²) in [7, 11) is 0. The number of aryl methyl sites for hydroxylation is 1. The van der Waals surface area contributed by atoms with E-state index in [1.54, 1.807) is 0 Å². The average Bonchev–Trinajstić information content (AvgIpc) is 3.58. The molecule has 2 heterocycles. The second-order valence-electron chi connectivity index (χ2n) is 8.22. The quantitative estimate of drug-likeness (QED) is 0.177. The lowest BCUT2D eigenvalue weighted by Gasteiger charge is -2.05. The van der Waals surface area contributed by atoms with Crippen molar-refractivity contribution in [1.29, 1.82) is 0 Å². The van der Waals surface area contributed by atoms with Crippen LogP contribution < -0.4 is 10.6 Å². The minimum absolute atomic E-state index is 0.0775. The van der Waals surface area contributed by atoms with E-state index in [1.807, 2.05) is 72.8 Å². The highest BCUT2D eigenvalue weighted by atomic mass is 32.2. The molecule has 0 spiro atoms. The van der Waals surface area contributed by atoms with Crippen molar-refractivity contribution in [2.45, 2.75) is 22.8 Å². The first-order chi connectivity index (χ1) is 18.6. The van der Waals surface area contributed by atoms with E-state index in [9.17, 15) is 9.59 Å². The van der Waals surface area contributed by atoms with Crippen LogP contribution in [0, 0.1) is 0 Å². The number of anilines is 2. The maximum absolute atomic E-state index is 12.5. The Bertz CT molecular complexity index is 1550. The summed E-state index contributed by atoms with van der Waals surface area (Å²) in [5, 5.41) is 13.4. The SMILES string of the molecule is CCc1ccc(NC(=O)CSc2nc3cc(NC(=O)CSc4n[nH]c(-c5ccccc5)n4)ccc3s2)cc1. The van der Waals surface area contributed by atoms with Gasteiger partial charge in [0.1, 0.15) is 0 Å². The summed E-state index contributed by atoms with van der Waals surface area (Å²) >= 11 is 4.18. The molecule has 3 aromatic carbocycles. The number of carbonyl (C=O) groups is 2. The van der Waals surface area contributed by atoms with E-state index < -0.39 is 0 Å². The highest BCUT2D eigenvalue weighted by Gasteiger charge is 2.12. The third-order valence-corrected chi connectivity index (χ3v) is 8.50. The van der Waals surface area contributed by atoms with Crippen LogP contribution in [0.1, 0.15) is 12.5 Å². The number of nitrogens with one attached hydrogen (secondary N) is 3. The zero-order chi connectivity index (χ0) is 26.3. The van der Waals surface area contributed by atoms with Crippen LogP contribution in [0.25, 0.3) is 21.6 Å². The first-order valence-corrected chi connectivity index (χ1v) is 14.7. The predicted molar refractivity (Wildman–Crippen MR) is 156 cm³/mol. The van der Waals surface area contributed by atoms with Gasteiger partial charge in [-0.25, -0.2) is 9.97 Å². The molecule has 5 rings (SSSR count). The van der Waals surface area contributed by atoms with Crippen LogP contribution in [0.5, 0.6) is 0 Å². The standard InChI is InChI=1S/C27H24N6O2S3/c1-2-17-8-10-19(11-9-17)28-24(35)16-37-27-30-21-14-20(12-13-22(21)38-27)29-23(34)15-36-26-31-25(32-33-26)18-6-4-3-5-7-18/h3-14H,2,15-16H2,1H3,(H,28,35)(H,29,34)(H,31,32,33). The van der Waals surface area contributed by atoms with Gasteiger partial charge in [-0.15, -0.1) is 16.4 Å². The molecule has 8 nitrogen and oxygen atoms in total. The Morgan fingerprint density at radius 1 is 0.868 bits per heavy atom. The van der Waals surface area contributed by atoms with Crippen molar-refractivity contribution in [3.63, 3.8) is 0 Å². The summed E-state index contributed by atoms with van der Waals surface area (Å²) in [5.74, 6) is 0.876. The highest BCUT2D eigenvalue weighted by Crippen LogP contribution is 2.31. The Balaban J connectivity index is 1.12. The van der Waals surface area contributed by atoms with Crippen LogP contribution in [-0.4, -0.2) is 43.5 Å². The Kier molecular flexibility index (Phi) is 8.37. The number of fused-ring (bicyclic) bond motifs is 1. The zero-order valence-corrected chi connectivity index (χ0v) is 22.9. The van der Waals surface area contributed by atoms with Gasteiger partial charge in [0.25, 0.3) is 0 Å². The number of benzene rings is 3. The molecule has 0 aliphatic carbocycles. The highest BCUT2D eigenvalue weighted by molar-refractivity contribution is 8.01. The van der Waals surface area contributed by atoms with Crippen molar-refractivity contribution in [2.75, 3.05) is 22.1 Å². The van der Waals surface area contributed by atoms with Gasteiger partial charge in [-0.05, 0) is 42.3 Å². The van der Waals surface area contributed by atoms with Gasteiger partial charge in [0.15, 0.2) is 10.2 Å². The first-order valence-electron chi connectivity index (χ1n) is 11.9. The van der Waals surface area contributed by atoms with E-state index in [0.29, 0.717) is 16.7 Å². The third kappa shape index (κ3) is 6.80. The lowest BCUT2D eigenvalue weighted by molar-refractivity contribution is -0.114. The van der Waals surface area contributed by atoms with Crippen LogP contribution in [0.2, 0.25) is 0 Å². The van der Waals surface area contributed by atoms with Crippen molar-refractivity contribution in [3.05, 3.63) is 78.4 Å². The van der Waals surface area contributed by atoms with Gasteiger partial charge in [-0.2, -0.15) is 0 Å². The Morgan fingerprint density at radius 3 is 2.34 bits per heavy atom. The number of carbonyl (C=O) groups excluding carboxylic acids is 2. The zero-order valence-electron chi connectivity index (χ0n) is 20.4. The van der Waals surface area contributed by atoms with Gasteiger partial charge in [0.2, 0.25) is 17.0 Å². The normalized spacial score (nSPS) is 11.0. The molecule has 2 amide bonds. The van der Waals surface area contributed by atoms with E-state index >= 15 is 0 Å². The number of aromatic amines is 1. The van der Waals surface area contributed by atoms with Crippen LogP contribution in [0.15, 0.2) is 82.3 Å².